The number of nitrogens with zero attached hydrogens (tertiary/aromatic N) is 1. The molecule has 3 N–H and O–H groups in total. The molecule has 1 atom stereocenters. The fraction of sp³-hybridized carbons (Fsp3) is 0.316. The van der Waals surface area contributed by atoms with E-state index in [-0.39, 0.29) is 23.8 Å². The topological polar surface area (TPSA) is 101 Å². The molecule has 27 heavy (non-hydrogen) atoms. The SMILES string of the molecule is CC(C)C[C@H](C(=O)O)N(Cc1ccc(N)cc1)S(=O)(=O)c1ccc(Cl)cc1. The monoisotopic (exact) mass is 410 g/mol. The molecule has 0 heterocycles. The number of halogens is 1. The Bertz CT molecular complexity index is 881. The Labute approximate surface area is 164 Å². The number of anilines is 1. The van der Waals surface area contributed by atoms with Crippen LogP contribution < -0.4 is 5.73 Å². The summed E-state index contributed by atoms with van der Waals surface area (Å²) in [6.45, 7) is 3.63. The van der Waals surface area contributed by atoms with Crippen molar-refractivity contribution in [3.05, 3.63) is 59.1 Å². The predicted molar refractivity (Wildman–Crippen MR) is 106 cm³/mol. The number of rotatable bonds is 8. The minimum Gasteiger partial charge on any atom is -0.480 e. The van der Waals surface area contributed by atoms with Crippen LogP contribution in [0, 0.1) is 5.92 Å². The van der Waals surface area contributed by atoms with Crippen LogP contribution in [-0.2, 0) is 21.4 Å². The highest BCUT2D eigenvalue weighted by atomic mass is 35.5. The van der Waals surface area contributed by atoms with Crippen molar-refractivity contribution in [3.8, 4) is 0 Å². The number of aliphatic carboxylic acids is 1. The first-order valence-electron chi connectivity index (χ1n) is 8.46. The third kappa shape index (κ3) is 5.45. The summed E-state index contributed by atoms with van der Waals surface area (Å²) < 4.78 is 27.5. The highest BCUT2D eigenvalue weighted by Crippen LogP contribution is 2.26. The number of carboxylic acid groups (broad SMARTS) is 1. The van der Waals surface area contributed by atoms with Gasteiger partial charge in [0.25, 0.3) is 0 Å². The van der Waals surface area contributed by atoms with Gasteiger partial charge in [-0.15, -0.1) is 0 Å². The van der Waals surface area contributed by atoms with Gasteiger partial charge in [0, 0.05) is 17.3 Å². The molecule has 0 fully saturated rings. The number of hydrogen-bond donors (Lipinski definition) is 2. The predicted octanol–water partition coefficient (Wildman–Crippen LogP) is 3.61. The van der Waals surface area contributed by atoms with E-state index in [2.05, 4.69) is 0 Å². The van der Waals surface area contributed by atoms with Crippen molar-refractivity contribution in [1.29, 1.82) is 0 Å². The quantitative estimate of drug-likeness (QED) is 0.647. The average Bonchev–Trinajstić information content (AvgIpc) is 2.59. The Hall–Kier alpha value is -2.09. The van der Waals surface area contributed by atoms with Crippen LogP contribution in [0.15, 0.2) is 53.4 Å². The molecule has 2 rings (SSSR count). The van der Waals surface area contributed by atoms with Crippen LogP contribution >= 0.6 is 11.6 Å². The van der Waals surface area contributed by atoms with E-state index in [4.69, 9.17) is 17.3 Å². The lowest BCUT2D eigenvalue weighted by molar-refractivity contribution is -0.142. The molecule has 0 aliphatic carbocycles. The van der Waals surface area contributed by atoms with Crippen molar-refractivity contribution in [3.63, 3.8) is 0 Å². The Morgan fingerprint density at radius 1 is 1.11 bits per heavy atom. The molecular formula is C19H23ClN2O4S. The molecule has 0 saturated heterocycles. The van der Waals surface area contributed by atoms with Gasteiger partial charge < -0.3 is 10.8 Å². The molecule has 8 heteroatoms. The van der Waals surface area contributed by atoms with Crippen LogP contribution in [0.3, 0.4) is 0 Å². The van der Waals surface area contributed by atoms with Crippen molar-refractivity contribution in [1.82, 2.24) is 4.31 Å². The molecule has 0 aliphatic rings. The zero-order valence-electron chi connectivity index (χ0n) is 15.2. The van der Waals surface area contributed by atoms with E-state index in [1.165, 1.54) is 24.3 Å². The summed E-state index contributed by atoms with van der Waals surface area (Å²) in [5, 5.41) is 10.1. The van der Waals surface area contributed by atoms with Crippen molar-refractivity contribution in [2.45, 2.75) is 37.8 Å². The maximum Gasteiger partial charge on any atom is 0.322 e. The summed E-state index contributed by atoms with van der Waals surface area (Å²) in [5.41, 5.74) is 6.88. The average molecular weight is 411 g/mol. The number of carboxylic acids is 1. The molecule has 0 spiro atoms. The molecule has 6 nitrogen and oxygen atoms in total. The first-order valence-corrected chi connectivity index (χ1v) is 10.3. The summed E-state index contributed by atoms with van der Waals surface area (Å²) in [6, 6.07) is 11.2. The summed E-state index contributed by atoms with van der Waals surface area (Å²) in [7, 11) is -4.05. The van der Waals surface area contributed by atoms with Crippen LogP contribution in [0.2, 0.25) is 5.02 Å². The number of nitrogen functional groups attached to an aromatic ring is 1. The first-order chi connectivity index (χ1) is 12.6. The Morgan fingerprint density at radius 3 is 2.15 bits per heavy atom. The van der Waals surface area contributed by atoms with E-state index in [0.29, 0.717) is 16.3 Å². The van der Waals surface area contributed by atoms with Crippen LogP contribution in [0.4, 0.5) is 5.69 Å². The molecule has 0 saturated carbocycles. The third-order valence-corrected chi connectivity index (χ3v) is 6.19. The van der Waals surface area contributed by atoms with Gasteiger partial charge in [0.2, 0.25) is 10.0 Å². The lowest BCUT2D eigenvalue weighted by Crippen LogP contribution is -2.45. The van der Waals surface area contributed by atoms with Gasteiger partial charge in [0.05, 0.1) is 4.90 Å². The minimum absolute atomic E-state index is 0.000403. The highest BCUT2D eigenvalue weighted by Gasteiger charge is 2.36. The van der Waals surface area contributed by atoms with E-state index in [0.717, 1.165) is 4.31 Å². The molecule has 2 aromatic carbocycles. The number of nitrogens with two attached hydrogens (primary N) is 1. The lowest BCUT2D eigenvalue weighted by Gasteiger charge is -2.29. The lowest BCUT2D eigenvalue weighted by atomic mass is 10.0. The van der Waals surface area contributed by atoms with Gasteiger partial charge in [0.1, 0.15) is 6.04 Å². The standard InChI is InChI=1S/C19H23ClN2O4S/c1-13(2)11-18(19(23)24)22(12-14-3-7-16(21)8-4-14)27(25,26)17-9-5-15(20)6-10-17/h3-10,13,18H,11-12,21H2,1-2H3,(H,23,24)/t18-/m1/s1. The van der Waals surface area contributed by atoms with E-state index < -0.39 is 22.0 Å². The van der Waals surface area contributed by atoms with Gasteiger partial charge in [-0.2, -0.15) is 4.31 Å². The zero-order valence-corrected chi connectivity index (χ0v) is 16.7. The van der Waals surface area contributed by atoms with Crippen molar-refractivity contribution in [2.24, 2.45) is 5.92 Å². The fourth-order valence-corrected chi connectivity index (χ4v) is 4.40. The number of hydrogen-bond acceptors (Lipinski definition) is 4. The molecule has 0 aliphatic heterocycles. The molecule has 2 aromatic rings. The van der Waals surface area contributed by atoms with Gasteiger partial charge in [0.15, 0.2) is 0 Å². The van der Waals surface area contributed by atoms with E-state index in [9.17, 15) is 18.3 Å². The van der Waals surface area contributed by atoms with E-state index in [1.807, 2.05) is 13.8 Å². The number of sulfonamides is 1. The molecule has 0 bridgehead atoms. The van der Waals surface area contributed by atoms with Crippen LogP contribution in [0.25, 0.3) is 0 Å². The van der Waals surface area contributed by atoms with Crippen LogP contribution in [0.5, 0.6) is 0 Å². The normalized spacial score (nSPS) is 13.1. The molecule has 0 amide bonds. The largest absolute Gasteiger partial charge is 0.480 e. The minimum atomic E-state index is -4.05. The van der Waals surface area contributed by atoms with Crippen molar-refractivity contribution >= 4 is 33.3 Å². The Morgan fingerprint density at radius 2 is 1.67 bits per heavy atom. The second-order valence-electron chi connectivity index (χ2n) is 6.73. The summed E-state index contributed by atoms with van der Waals surface area (Å²) in [6.07, 6.45) is 0.192. The van der Waals surface area contributed by atoms with Crippen molar-refractivity contribution in [2.75, 3.05) is 5.73 Å². The van der Waals surface area contributed by atoms with Crippen molar-refractivity contribution < 1.29 is 18.3 Å². The smallest absolute Gasteiger partial charge is 0.322 e. The maximum absolute atomic E-state index is 13.2. The summed E-state index contributed by atoms with van der Waals surface area (Å²) >= 11 is 5.85. The van der Waals surface area contributed by atoms with Crippen LogP contribution in [0.1, 0.15) is 25.8 Å². The first kappa shape index (κ1) is 21.2. The van der Waals surface area contributed by atoms with E-state index in [1.54, 1.807) is 24.3 Å². The zero-order chi connectivity index (χ0) is 20.2. The van der Waals surface area contributed by atoms with E-state index >= 15 is 0 Å². The second-order valence-corrected chi connectivity index (χ2v) is 9.06. The third-order valence-electron chi connectivity index (χ3n) is 4.07. The van der Waals surface area contributed by atoms with Gasteiger partial charge >= 0.3 is 5.97 Å². The summed E-state index contributed by atoms with van der Waals surface area (Å²) in [4.78, 5) is 11.9. The Kier molecular flexibility index (Phi) is 6.86. The summed E-state index contributed by atoms with van der Waals surface area (Å²) in [5.74, 6) is -1.18. The molecular weight excluding hydrogens is 388 g/mol. The fourth-order valence-electron chi connectivity index (χ4n) is 2.70. The Balaban J connectivity index is 2.51. The molecule has 0 aromatic heterocycles. The molecule has 146 valence electrons. The molecule has 0 unspecified atom stereocenters. The number of carbonyl (C=O) groups is 1. The molecule has 0 radical (unpaired) electrons. The van der Waals surface area contributed by atoms with Crippen LogP contribution in [-0.4, -0.2) is 29.8 Å². The van der Waals surface area contributed by atoms with Gasteiger partial charge in [-0.3, -0.25) is 4.79 Å². The van der Waals surface area contributed by atoms with Gasteiger partial charge in [-0.05, 0) is 54.3 Å². The van der Waals surface area contributed by atoms with Gasteiger partial charge in [-0.1, -0.05) is 37.6 Å². The maximum atomic E-state index is 13.2. The highest BCUT2D eigenvalue weighted by molar-refractivity contribution is 7.89. The van der Waals surface area contributed by atoms with Gasteiger partial charge in [-0.25, -0.2) is 8.42 Å². The number of benzene rings is 2. The second kappa shape index (κ2) is 8.73.